The fourth-order valence-corrected chi connectivity index (χ4v) is 2.60. The van der Waals surface area contributed by atoms with E-state index in [2.05, 4.69) is 10.6 Å². The van der Waals surface area contributed by atoms with Crippen LogP contribution in [-0.2, 0) is 16.0 Å². The van der Waals surface area contributed by atoms with Crippen molar-refractivity contribution >= 4 is 17.5 Å². The zero-order valence-corrected chi connectivity index (χ0v) is 13.2. The molecule has 0 spiro atoms. The number of carbonyl (C=O) groups excluding carboxylic acids is 2. The number of hydrogen-bond donors (Lipinski definition) is 2. The molecule has 2 aromatic carbocycles. The molecule has 0 aliphatic heterocycles. The normalized spacial score (nSPS) is 14.7. The van der Waals surface area contributed by atoms with E-state index < -0.39 is 5.41 Å². The van der Waals surface area contributed by atoms with Gasteiger partial charge in [0.15, 0.2) is 0 Å². The summed E-state index contributed by atoms with van der Waals surface area (Å²) >= 11 is 0. The van der Waals surface area contributed by atoms with E-state index in [0.29, 0.717) is 25.1 Å². The van der Waals surface area contributed by atoms with Gasteiger partial charge in [0.1, 0.15) is 11.2 Å². The van der Waals surface area contributed by atoms with E-state index in [4.69, 9.17) is 0 Å². The van der Waals surface area contributed by atoms with Gasteiger partial charge in [0.25, 0.3) is 0 Å². The van der Waals surface area contributed by atoms with Crippen LogP contribution in [0.2, 0.25) is 0 Å². The summed E-state index contributed by atoms with van der Waals surface area (Å²) in [6.45, 7) is 0.494. The van der Waals surface area contributed by atoms with Crippen LogP contribution in [0.15, 0.2) is 54.6 Å². The van der Waals surface area contributed by atoms with Gasteiger partial charge in [-0.05, 0) is 49.1 Å². The summed E-state index contributed by atoms with van der Waals surface area (Å²) in [7, 11) is 0. The predicted molar refractivity (Wildman–Crippen MR) is 89.9 cm³/mol. The lowest BCUT2D eigenvalue weighted by atomic mass is 10.0. The topological polar surface area (TPSA) is 58.2 Å². The van der Waals surface area contributed by atoms with E-state index in [1.54, 1.807) is 0 Å². The van der Waals surface area contributed by atoms with Crippen LogP contribution in [0, 0.1) is 11.2 Å². The van der Waals surface area contributed by atoms with Crippen molar-refractivity contribution in [2.75, 3.05) is 11.9 Å². The molecule has 2 aromatic rings. The summed E-state index contributed by atoms with van der Waals surface area (Å²) < 4.78 is 12.9. The second kappa shape index (κ2) is 6.83. The number of hydrogen-bond acceptors (Lipinski definition) is 2. The first-order valence-electron chi connectivity index (χ1n) is 7.99. The van der Waals surface area contributed by atoms with Crippen molar-refractivity contribution < 1.29 is 14.0 Å². The fourth-order valence-electron chi connectivity index (χ4n) is 2.60. The summed E-state index contributed by atoms with van der Waals surface area (Å²) in [5.41, 5.74) is 0.647. The Balaban J connectivity index is 1.53. The molecule has 0 aromatic heterocycles. The van der Waals surface area contributed by atoms with Crippen molar-refractivity contribution in [3.05, 3.63) is 66.0 Å². The third-order valence-electron chi connectivity index (χ3n) is 4.26. The highest BCUT2D eigenvalue weighted by Crippen LogP contribution is 2.46. The van der Waals surface area contributed by atoms with Crippen LogP contribution < -0.4 is 10.6 Å². The molecule has 2 amide bonds. The molecule has 0 heterocycles. The Morgan fingerprint density at radius 3 is 2.25 bits per heavy atom. The highest BCUT2D eigenvalue weighted by molar-refractivity contribution is 6.13. The molecule has 0 radical (unpaired) electrons. The van der Waals surface area contributed by atoms with Gasteiger partial charge in [0, 0.05) is 12.2 Å². The molecular formula is C19H19FN2O2. The van der Waals surface area contributed by atoms with Crippen LogP contribution in [0.1, 0.15) is 18.4 Å². The van der Waals surface area contributed by atoms with Crippen LogP contribution in [0.5, 0.6) is 0 Å². The van der Waals surface area contributed by atoms with E-state index in [9.17, 15) is 14.0 Å². The van der Waals surface area contributed by atoms with Gasteiger partial charge in [-0.15, -0.1) is 0 Å². The van der Waals surface area contributed by atoms with Crippen molar-refractivity contribution in [2.24, 2.45) is 5.41 Å². The maximum atomic E-state index is 12.9. The zero-order chi connectivity index (χ0) is 17.0. The molecule has 0 saturated heterocycles. The minimum atomic E-state index is -0.981. The lowest BCUT2D eigenvalue weighted by Gasteiger charge is -2.15. The van der Waals surface area contributed by atoms with Crippen molar-refractivity contribution in [3.8, 4) is 0 Å². The summed E-state index contributed by atoms with van der Waals surface area (Å²) in [5, 5.41) is 5.54. The largest absolute Gasteiger partial charge is 0.355 e. The highest BCUT2D eigenvalue weighted by Gasteiger charge is 2.56. The summed E-state index contributed by atoms with van der Waals surface area (Å²) in [5.74, 6) is -0.933. The summed E-state index contributed by atoms with van der Waals surface area (Å²) in [6, 6.07) is 15.4. The Labute approximate surface area is 140 Å². The van der Waals surface area contributed by atoms with Crippen LogP contribution in [0.4, 0.5) is 10.1 Å². The smallest absolute Gasteiger partial charge is 0.240 e. The molecule has 1 aliphatic carbocycles. The SMILES string of the molecule is O=C(NCCc1ccccc1)C1(C(=O)Nc2ccc(F)cc2)CC1. The van der Waals surface area contributed by atoms with Crippen LogP contribution in [0.25, 0.3) is 0 Å². The van der Waals surface area contributed by atoms with E-state index in [0.717, 1.165) is 12.0 Å². The van der Waals surface area contributed by atoms with Gasteiger partial charge in [0.05, 0.1) is 0 Å². The molecule has 24 heavy (non-hydrogen) atoms. The van der Waals surface area contributed by atoms with Crippen LogP contribution in [0.3, 0.4) is 0 Å². The number of nitrogens with one attached hydrogen (secondary N) is 2. The molecule has 1 saturated carbocycles. The Hall–Kier alpha value is -2.69. The molecule has 0 bridgehead atoms. The van der Waals surface area contributed by atoms with E-state index in [1.807, 2.05) is 30.3 Å². The van der Waals surface area contributed by atoms with Crippen molar-refractivity contribution in [1.82, 2.24) is 5.32 Å². The zero-order valence-electron chi connectivity index (χ0n) is 13.2. The summed E-state index contributed by atoms with van der Waals surface area (Å²) in [6.07, 6.45) is 1.80. The number of benzene rings is 2. The minimum Gasteiger partial charge on any atom is -0.355 e. The molecule has 0 unspecified atom stereocenters. The number of rotatable bonds is 6. The minimum absolute atomic E-state index is 0.238. The molecule has 2 N–H and O–H groups in total. The van der Waals surface area contributed by atoms with Gasteiger partial charge in [-0.25, -0.2) is 4.39 Å². The maximum absolute atomic E-state index is 12.9. The van der Waals surface area contributed by atoms with Crippen molar-refractivity contribution in [2.45, 2.75) is 19.3 Å². The maximum Gasteiger partial charge on any atom is 0.240 e. The van der Waals surface area contributed by atoms with Crippen molar-refractivity contribution in [1.29, 1.82) is 0 Å². The van der Waals surface area contributed by atoms with Gasteiger partial charge in [0.2, 0.25) is 11.8 Å². The first-order chi connectivity index (χ1) is 11.6. The van der Waals surface area contributed by atoms with E-state index in [1.165, 1.54) is 24.3 Å². The lowest BCUT2D eigenvalue weighted by molar-refractivity contribution is -0.134. The second-order valence-electron chi connectivity index (χ2n) is 6.03. The third-order valence-corrected chi connectivity index (χ3v) is 4.26. The van der Waals surface area contributed by atoms with Crippen molar-refractivity contribution in [3.63, 3.8) is 0 Å². The Bertz CT molecular complexity index is 725. The number of carbonyl (C=O) groups is 2. The molecule has 1 fully saturated rings. The molecule has 0 atom stereocenters. The predicted octanol–water partition coefficient (Wildman–Crippen LogP) is 2.90. The lowest BCUT2D eigenvalue weighted by Crippen LogP contribution is -2.40. The second-order valence-corrected chi connectivity index (χ2v) is 6.03. The fraction of sp³-hybridized carbons (Fsp3) is 0.263. The van der Waals surface area contributed by atoms with Gasteiger partial charge in [-0.1, -0.05) is 30.3 Å². The first-order valence-corrected chi connectivity index (χ1v) is 7.99. The Morgan fingerprint density at radius 2 is 1.62 bits per heavy atom. The first kappa shape index (κ1) is 16.2. The molecule has 1 aliphatic rings. The van der Waals surface area contributed by atoms with Crippen LogP contribution >= 0.6 is 0 Å². The number of amides is 2. The third kappa shape index (κ3) is 3.62. The van der Waals surface area contributed by atoms with E-state index in [-0.39, 0.29) is 17.6 Å². The van der Waals surface area contributed by atoms with Gasteiger partial charge < -0.3 is 10.6 Å². The Morgan fingerprint density at radius 1 is 0.958 bits per heavy atom. The molecule has 4 nitrogen and oxygen atoms in total. The highest BCUT2D eigenvalue weighted by atomic mass is 19.1. The quantitative estimate of drug-likeness (QED) is 0.802. The average Bonchev–Trinajstić information content (AvgIpc) is 3.40. The van der Waals surface area contributed by atoms with Gasteiger partial charge in [-0.2, -0.15) is 0 Å². The molecule has 3 rings (SSSR count). The van der Waals surface area contributed by atoms with Crippen LogP contribution in [-0.4, -0.2) is 18.4 Å². The standard InChI is InChI=1S/C19H19FN2O2/c20-15-6-8-16(9-7-15)22-18(24)19(11-12-19)17(23)21-13-10-14-4-2-1-3-5-14/h1-9H,10-13H2,(H,21,23)(H,22,24). The van der Waals surface area contributed by atoms with Gasteiger partial charge >= 0.3 is 0 Å². The molecular weight excluding hydrogens is 307 g/mol. The number of anilines is 1. The average molecular weight is 326 g/mol. The molecule has 5 heteroatoms. The Kier molecular flexibility index (Phi) is 4.60. The number of halogens is 1. The molecule has 124 valence electrons. The van der Waals surface area contributed by atoms with Gasteiger partial charge in [-0.3, -0.25) is 9.59 Å². The van der Waals surface area contributed by atoms with E-state index >= 15 is 0 Å². The monoisotopic (exact) mass is 326 g/mol. The summed E-state index contributed by atoms with van der Waals surface area (Å²) in [4.78, 5) is 24.8.